The number of alkyl halides is 2. The van der Waals surface area contributed by atoms with Crippen LogP contribution in [0, 0.1) is 0 Å². The summed E-state index contributed by atoms with van der Waals surface area (Å²) in [4.78, 5) is 0. The Hall–Kier alpha value is -1.36. The average molecular weight is 218 g/mol. The van der Waals surface area contributed by atoms with Crippen LogP contribution in [0.4, 0.5) is 8.78 Å². The third kappa shape index (κ3) is 2.36. The highest BCUT2D eigenvalue weighted by Gasteiger charge is 2.20. The largest absolute Gasteiger partial charge is 0.507 e. The molecule has 0 aliphatic rings. The molecule has 0 aromatic heterocycles. The highest BCUT2D eigenvalue weighted by atomic mass is 19.3. The van der Waals surface area contributed by atoms with E-state index in [0.717, 1.165) is 6.07 Å². The molecule has 1 rings (SSSR count). The van der Waals surface area contributed by atoms with Gasteiger partial charge in [0.25, 0.3) is 6.43 Å². The van der Waals surface area contributed by atoms with Gasteiger partial charge in [0.1, 0.15) is 11.5 Å². The number of aliphatic hydroxyl groups is 1. The van der Waals surface area contributed by atoms with Crippen LogP contribution in [0.5, 0.6) is 11.5 Å². The molecular weight excluding hydrogens is 206 g/mol. The highest BCUT2D eigenvalue weighted by Crippen LogP contribution is 2.37. The van der Waals surface area contributed by atoms with Crippen molar-refractivity contribution in [2.45, 2.75) is 19.5 Å². The Bertz CT molecular complexity index is 322. The van der Waals surface area contributed by atoms with Crippen LogP contribution in [0.1, 0.15) is 30.6 Å². The second-order valence-corrected chi connectivity index (χ2v) is 3.13. The first-order valence-electron chi connectivity index (χ1n) is 4.34. The van der Waals surface area contributed by atoms with Gasteiger partial charge >= 0.3 is 0 Å². The average Bonchev–Trinajstić information content (AvgIpc) is 2.17. The SMILES string of the molecule is COc1cc(C(C)O)c(O)c(C(F)F)c1. The number of hydrogen-bond donors (Lipinski definition) is 2. The van der Waals surface area contributed by atoms with Gasteiger partial charge < -0.3 is 14.9 Å². The second kappa shape index (κ2) is 4.44. The number of benzene rings is 1. The Morgan fingerprint density at radius 3 is 2.20 bits per heavy atom. The van der Waals surface area contributed by atoms with Crippen molar-refractivity contribution >= 4 is 0 Å². The summed E-state index contributed by atoms with van der Waals surface area (Å²) >= 11 is 0. The fraction of sp³-hybridized carbons (Fsp3) is 0.400. The van der Waals surface area contributed by atoms with Gasteiger partial charge in [0, 0.05) is 5.56 Å². The number of hydrogen-bond acceptors (Lipinski definition) is 3. The van der Waals surface area contributed by atoms with Crippen LogP contribution in [0.15, 0.2) is 12.1 Å². The molecule has 0 aliphatic carbocycles. The van der Waals surface area contributed by atoms with E-state index in [1.807, 2.05) is 0 Å². The molecule has 0 aliphatic heterocycles. The van der Waals surface area contributed by atoms with Gasteiger partial charge in [0.05, 0.1) is 18.8 Å². The van der Waals surface area contributed by atoms with Gasteiger partial charge in [-0.05, 0) is 19.1 Å². The van der Waals surface area contributed by atoms with Crippen molar-refractivity contribution in [1.82, 2.24) is 0 Å². The van der Waals surface area contributed by atoms with Crippen molar-refractivity contribution in [1.29, 1.82) is 0 Å². The molecule has 0 saturated heterocycles. The Kier molecular flexibility index (Phi) is 3.47. The van der Waals surface area contributed by atoms with Crippen LogP contribution in [0.2, 0.25) is 0 Å². The van der Waals surface area contributed by atoms with Gasteiger partial charge in [0.15, 0.2) is 0 Å². The molecule has 2 N–H and O–H groups in total. The first kappa shape index (κ1) is 11.7. The molecule has 1 atom stereocenters. The number of rotatable bonds is 3. The molecule has 1 unspecified atom stereocenters. The van der Waals surface area contributed by atoms with Crippen molar-refractivity contribution < 1.29 is 23.7 Å². The number of phenols is 1. The minimum absolute atomic E-state index is 0.0321. The van der Waals surface area contributed by atoms with E-state index in [9.17, 15) is 19.0 Å². The molecule has 0 radical (unpaired) electrons. The van der Waals surface area contributed by atoms with E-state index in [2.05, 4.69) is 0 Å². The molecular formula is C10H12F2O3. The molecule has 0 heterocycles. The molecule has 0 spiro atoms. The molecule has 15 heavy (non-hydrogen) atoms. The Morgan fingerprint density at radius 1 is 1.27 bits per heavy atom. The maximum absolute atomic E-state index is 12.5. The zero-order chi connectivity index (χ0) is 11.6. The third-order valence-corrected chi connectivity index (χ3v) is 2.06. The molecule has 1 aromatic rings. The number of aliphatic hydroxyl groups excluding tert-OH is 1. The van der Waals surface area contributed by atoms with Gasteiger partial charge in [-0.1, -0.05) is 0 Å². The van der Waals surface area contributed by atoms with Crippen molar-refractivity contribution in [3.8, 4) is 11.5 Å². The lowest BCUT2D eigenvalue weighted by Gasteiger charge is -2.13. The predicted octanol–water partition coefficient (Wildman–Crippen LogP) is 2.39. The van der Waals surface area contributed by atoms with Crippen molar-refractivity contribution in [2.75, 3.05) is 7.11 Å². The first-order valence-corrected chi connectivity index (χ1v) is 4.34. The summed E-state index contributed by atoms with van der Waals surface area (Å²) in [6, 6.07) is 2.37. The van der Waals surface area contributed by atoms with Crippen LogP contribution in [0.25, 0.3) is 0 Å². The summed E-state index contributed by atoms with van der Waals surface area (Å²) in [5.41, 5.74) is -0.505. The van der Waals surface area contributed by atoms with Crippen LogP contribution in [0.3, 0.4) is 0 Å². The second-order valence-electron chi connectivity index (χ2n) is 3.13. The highest BCUT2D eigenvalue weighted by molar-refractivity contribution is 5.47. The molecule has 84 valence electrons. The van der Waals surface area contributed by atoms with Crippen LogP contribution < -0.4 is 4.74 Å². The maximum Gasteiger partial charge on any atom is 0.267 e. The molecule has 0 amide bonds. The van der Waals surface area contributed by atoms with E-state index in [1.54, 1.807) is 0 Å². The topological polar surface area (TPSA) is 49.7 Å². The summed E-state index contributed by atoms with van der Waals surface area (Å²) in [5, 5.41) is 18.7. The number of aromatic hydroxyl groups is 1. The van der Waals surface area contributed by atoms with Gasteiger partial charge in [-0.2, -0.15) is 0 Å². The quantitative estimate of drug-likeness (QED) is 0.818. The zero-order valence-electron chi connectivity index (χ0n) is 8.37. The lowest BCUT2D eigenvalue weighted by atomic mass is 10.0. The number of methoxy groups -OCH3 is 1. The van der Waals surface area contributed by atoms with Crippen molar-refractivity contribution in [3.05, 3.63) is 23.3 Å². The predicted molar refractivity (Wildman–Crippen MR) is 50.2 cm³/mol. The summed E-state index contributed by atoms with van der Waals surface area (Å²) < 4.78 is 29.8. The monoisotopic (exact) mass is 218 g/mol. The van der Waals surface area contributed by atoms with E-state index in [4.69, 9.17) is 4.74 Å². The summed E-state index contributed by atoms with van der Waals surface area (Å²) in [6.07, 6.45) is -3.84. The summed E-state index contributed by atoms with van der Waals surface area (Å²) in [5.74, 6) is -0.403. The van der Waals surface area contributed by atoms with Crippen LogP contribution in [-0.4, -0.2) is 17.3 Å². The first-order chi connectivity index (χ1) is 6.97. The standard InChI is InChI=1S/C10H12F2O3/c1-5(13)7-3-6(15-2)4-8(9(7)14)10(11)12/h3-5,10,13-14H,1-2H3. The molecule has 5 heteroatoms. The number of ether oxygens (including phenoxy) is 1. The fourth-order valence-corrected chi connectivity index (χ4v) is 1.25. The molecule has 1 aromatic carbocycles. The van der Waals surface area contributed by atoms with E-state index >= 15 is 0 Å². The smallest absolute Gasteiger partial charge is 0.267 e. The van der Waals surface area contributed by atoms with Crippen LogP contribution >= 0.6 is 0 Å². The van der Waals surface area contributed by atoms with Gasteiger partial charge in [-0.3, -0.25) is 0 Å². The summed E-state index contributed by atoms with van der Waals surface area (Å²) in [6.45, 7) is 1.38. The minimum Gasteiger partial charge on any atom is -0.507 e. The van der Waals surface area contributed by atoms with E-state index < -0.39 is 23.8 Å². The van der Waals surface area contributed by atoms with E-state index in [0.29, 0.717) is 0 Å². The van der Waals surface area contributed by atoms with Gasteiger partial charge in [-0.15, -0.1) is 0 Å². The number of phenolic OH excluding ortho intramolecular Hbond substituents is 1. The Morgan fingerprint density at radius 2 is 1.80 bits per heavy atom. The Labute approximate surface area is 85.9 Å². The third-order valence-electron chi connectivity index (χ3n) is 2.06. The molecule has 0 saturated carbocycles. The van der Waals surface area contributed by atoms with Crippen LogP contribution in [-0.2, 0) is 0 Å². The molecule has 0 bridgehead atoms. The number of halogens is 2. The van der Waals surface area contributed by atoms with Gasteiger partial charge in [-0.25, -0.2) is 8.78 Å². The Balaban J connectivity index is 3.33. The lowest BCUT2D eigenvalue weighted by Crippen LogP contribution is -1.98. The van der Waals surface area contributed by atoms with E-state index in [-0.39, 0.29) is 11.3 Å². The van der Waals surface area contributed by atoms with Gasteiger partial charge in [0.2, 0.25) is 0 Å². The fourth-order valence-electron chi connectivity index (χ4n) is 1.25. The molecule has 3 nitrogen and oxygen atoms in total. The molecule has 0 fully saturated rings. The normalized spacial score (nSPS) is 12.9. The maximum atomic E-state index is 12.5. The zero-order valence-corrected chi connectivity index (χ0v) is 8.37. The lowest BCUT2D eigenvalue weighted by molar-refractivity contribution is 0.144. The van der Waals surface area contributed by atoms with E-state index in [1.165, 1.54) is 20.1 Å². The van der Waals surface area contributed by atoms with Crippen molar-refractivity contribution in [3.63, 3.8) is 0 Å². The van der Waals surface area contributed by atoms with Crippen molar-refractivity contribution in [2.24, 2.45) is 0 Å². The summed E-state index contributed by atoms with van der Waals surface area (Å²) in [7, 11) is 1.33. The minimum atomic E-state index is -2.81.